The highest BCUT2D eigenvalue weighted by atomic mass is 32.2. The second-order valence-electron chi connectivity index (χ2n) is 5.45. The SMILES string of the molecule is COc1ccc(C2(C)NC(=O)N(NC(=O)CSc3nncs3)C2=O)cc1. The van der Waals surface area contributed by atoms with E-state index in [0.717, 1.165) is 0 Å². The van der Waals surface area contributed by atoms with E-state index in [4.69, 9.17) is 4.74 Å². The quantitative estimate of drug-likeness (QED) is 0.559. The minimum Gasteiger partial charge on any atom is -0.497 e. The molecule has 1 fully saturated rings. The second-order valence-corrected chi connectivity index (χ2v) is 7.51. The van der Waals surface area contributed by atoms with E-state index in [-0.39, 0.29) is 5.75 Å². The van der Waals surface area contributed by atoms with Crippen molar-refractivity contribution < 1.29 is 19.1 Å². The summed E-state index contributed by atoms with van der Waals surface area (Å²) in [6.07, 6.45) is 0. The van der Waals surface area contributed by atoms with Gasteiger partial charge in [0.1, 0.15) is 16.8 Å². The Kier molecular flexibility index (Phi) is 5.09. The topological polar surface area (TPSA) is 114 Å². The molecule has 1 aliphatic rings. The third-order valence-corrected chi connectivity index (χ3v) is 5.62. The van der Waals surface area contributed by atoms with Crippen LogP contribution in [0.2, 0.25) is 0 Å². The molecule has 3 rings (SSSR count). The highest BCUT2D eigenvalue weighted by Crippen LogP contribution is 2.29. The number of urea groups is 1. The summed E-state index contributed by atoms with van der Waals surface area (Å²) in [5, 5.41) is 10.8. The number of ether oxygens (including phenoxy) is 1. The Bertz CT molecular complexity index is 827. The summed E-state index contributed by atoms with van der Waals surface area (Å²) in [5.74, 6) is -0.423. The van der Waals surface area contributed by atoms with Gasteiger partial charge < -0.3 is 10.1 Å². The van der Waals surface area contributed by atoms with Crippen LogP contribution in [0.15, 0.2) is 34.1 Å². The zero-order valence-corrected chi connectivity index (χ0v) is 15.5. The van der Waals surface area contributed by atoms with Crippen LogP contribution in [0.5, 0.6) is 5.75 Å². The molecule has 4 amide bonds. The molecule has 0 radical (unpaired) electrons. The highest BCUT2D eigenvalue weighted by Gasteiger charge is 2.50. The summed E-state index contributed by atoms with van der Waals surface area (Å²) in [6.45, 7) is 1.58. The van der Waals surface area contributed by atoms with E-state index in [2.05, 4.69) is 20.9 Å². The lowest BCUT2D eigenvalue weighted by molar-refractivity contribution is -0.138. The van der Waals surface area contributed by atoms with Crippen LogP contribution in [0, 0.1) is 0 Å². The Morgan fingerprint density at radius 3 is 2.73 bits per heavy atom. The zero-order chi connectivity index (χ0) is 18.7. The molecule has 2 heterocycles. The molecule has 1 unspecified atom stereocenters. The lowest BCUT2D eigenvalue weighted by Gasteiger charge is -2.22. The number of hydrogen-bond acceptors (Lipinski definition) is 8. The van der Waals surface area contributed by atoms with Gasteiger partial charge >= 0.3 is 6.03 Å². The first kappa shape index (κ1) is 18.1. The molecule has 136 valence electrons. The van der Waals surface area contributed by atoms with Crippen molar-refractivity contribution in [2.24, 2.45) is 0 Å². The van der Waals surface area contributed by atoms with Crippen molar-refractivity contribution in [1.29, 1.82) is 0 Å². The van der Waals surface area contributed by atoms with Gasteiger partial charge in [-0.1, -0.05) is 35.2 Å². The number of benzene rings is 1. The maximum atomic E-state index is 12.7. The Morgan fingerprint density at radius 1 is 1.38 bits per heavy atom. The van der Waals surface area contributed by atoms with Gasteiger partial charge in [-0.05, 0) is 24.6 Å². The second kappa shape index (κ2) is 7.30. The summed E-state index contributed by atoms with van der Waals surface area (Å²) in [7, 11) is 1.54. The number of hydrogen-bond donors (Lipinski definition) is 2. The average Bonchev–Trinajstić information content (AvgIpc) is 3.23. The predicted molar refractivity (Wildman–Crippen MR) is 94.5 cm³/mol. The fourth-order valence-corrected chi connectivity index (χ4v) is 3.65. The van der Waals surface area contributed by atoms with Gasteiger partial charge in [0.15, 0.2) is 4.34 Å². The molecule has 2 aromatic rings. The first-order chi connectivity index (χ1) is 12.4. The maximum Gasteiger partial charge on any atom is 0.344 e. The monoisotopic (exact) mass is 393 g/mol. The average molecular weight is 393 g/mol. The van der Waals surface area contributed by atoms with Crippen molar-refractivity contribution in [1.82, 2.24) is 25.9 Å². The smallest absolute Gasteiger partial charge is 0.344 e. The van der Waals surface area contributed by atoms with Crippen molar-refractivity contribution >= 4 is 40.9 Å². The standard InChI is InChI=1S/C15H15N5O4S2/c1-15(9-3-5-10(24-2)6-4-9)12(22)20(13(23)17-15)19-11(21)7-25-14-18-16-8-26-14/h3-6,8H,7H2,1-2H3,(H,17,23)(H,19,21). The molecular weight excluding hydrogens is 378 g/mol. The van der Waals surface area contributed by atoms with Gasteiger partial charge in [0.2, 0.25) is 5.91 Å². The van der Waals surface area contributed by atoms with Gasteiger partial charge in [-0.3, -0.25) is 15.0 Å². The molecule has 2 N–H and O–H groups in total. The van der Waals surface area contributed by atoms with Gasteiger partial charge in [-0.2, -0.15) is 5.01 Å². The molecule has 1 saturated heterocycles. The first-order valence-electron chi connectivity index (χ1n) is 7.43. The fourth-order valence-electron chi connectivity index (χ4n) is 2.37. The molecule has 0 spiro atoms. The van der Waals surface area contributed by atoms with Crippen molar-refractivity contribution in [2.45, 2.75) is 16.8 Å². The van der Waals surface area contributed by atoms with E-state index in [9.17, 15) is 14.4 Å². The maximum absolute atomic E-state index is 12.7. The number of nitrogens with one attached hydrogen (secondary N) is 2. The molecule has 26 heavy (non-hydrogen) atoms. The van der Waals surface area contributed by atoms with Gasteiger partial charge in [0.05, 0.1) is 12.9 Å². The summed E-state index contributed by atoms with van der Waals surface area (Å²) in [4.78, 5) is 37.0. The zero-order valence-electron chi connectivity index (χ0n) is 13.9. The number of carbonyl (C=O) groups excluding carboxylic acids is 3. The largest absolute Gasteiger partial charge is 0.497 e. The van der Waals surface area contributed by atoms with Crippen LogP contribution in [-0.2, 0) is 15.1 Å². The number of hydrazine groups is 1. The molecule has 11 heteroatoms. The minimum absolute atomic E-state index is 0.00546. The molecular formula is C15H15N5O4S2. The van der Waals surface area contributed by atoms with E-state index in [1.54, 1.807) is 36.7 Å². The first-order valence-corrected chi connectivity index (χ1v) is 9.30. The summed E-state index contributed by atoms with van der Waals surface area (Å²) >= 11 is 2.47. The van der Waals surface area contributed by atoms with Gasteiger partial charge in [-0.25, -0.2) is 4.79 Å². The minimum atomic E-state index is -1.27. The van der Waals surface area contributed by atoms with E-state index in [0.29, 0.717) is 20.7 Å². The van der Waals surface area contributed by atoms with Crippen LogP contribution >= 0.6 is 23.1 Å². The number of nitrogens with zero attached hydrogens (tertiary/aromatic N) is 3. The van der Waals surface area contributed by atoms with Gasteiger partial charge in [0, 0.05) is 0 Å². The number of amides is 4. The Balaban J connectivity index is 1.68. The molecule has 1 atom stereocenters. The van der Waals surface area contributed by atoms with Crippen LogP contribution < -0.4 is 15.5 Å². The number of rotatable bonds is 6. The molecule has 9 nitrogen and oxygen atoms in total. The fraction of sp³-hybridized carbons (Fsp3) is 0.267. The Hall–Kier alpha value is -2.66. The van der Waals surface area contributed by atoms with Crippen LogP contribution in [0.4, 0.5) is 4.79 Å². The molecule has 0 bridgehead atoms. The Labute approximate surface area is 157 Å². The number of methoxy groups -OCH3 is 1. The van der Waals surface area contributed by atoms with Crippen molar-refractivity contribution in [3.8, 4) is 5.75 Å². The summed E-state index contributed by atoms with van der Waals surface area (Å²) < 4.78 is 5.72. The van der Waals surface area contributed by atoms with Gasteiger partial charge in [-0.15, -0.1) is 10.2 Å². The van der Waals surface area contributed by atoms with Crippen molar-refractivity contribution in [2.75, 3.05) is 12.9 Å². The van der Waals surface area contributed by atoms with Crippen molar-refractivity contribution in [3.63, 3.8) is 0 Å². The lowest BCUT2D eigenvalue weighted by Crippen LogP contribution is -2.48. The van der Waals surface area contributed by atoms with Crippen LogP contribution in [0.1, 0.15) is 12.5 Å². The summed E-state index contributed by atoms with van der Waals surface area (Å²) in [6, 6.07) is 6.07. The van der Waals surface area contributed by atoms with Gasteiger partial charge in [0.25, 0.3) is 5.91 Å². The van der Waals surface area contributed by atoms with Crippen LogP contribution in [-0.4, -0.2) is 45.9 Å². The van der Waals surface area contributed by atoms with E-state index in [1.807, 2.05) is 0 Å². The third-order valence-electron chi connectivity index (χ3n) is 3.76. The predicted octanol–water partition coefficient (Wildman–Crippen LogP) is 1.14. The normalized spacial score (nSPS) is 19.4. The van der Waals surface area contributed by atoms with Crippen LogP contribution in [0.25, 0.3) is 0 Å². The van der Waals surface area contributed by atoms with Crippen LogP contribution in [0.3, 0.4) is 0 Å². The van der Waals surface area contributed by atoms with E-state index < -0.39 is 23.4 Å². The highest BCUT2D eigenvalue weighted by molar-refractivity contribution is 8.01. The summed E-state index contributed by atoms with van der Waals surface area (Å²) in [5.41, 5.74) is 3.19. The van der Waals surface area contributed by atoms with E-state index in [1.165, 1.54) is 30.2 Å². The molecule has 0 aliphatic carbocycles. The molecule has 0 saturated carbocycles. The molecule has 1 aliphatic heterocycles. The third kappa shape index (κ3) is 3.48. The number of aromatic nitrogens is 2. The number of thioether (sulfide) groups is 1. The molecule has 1 aromatic carbocycles. The lowest BCUT2D eigenvalue weighted by atomic mass is 9.92. The Morgan fingerprint density at radius 2 is 2.12 bits per heavy atom. The van der Waals surface area contributed by atoms with Crippen molar-refractivity contribution in [3.05, 3.63) is 35.3 Å². The molecule has 1 aromatic heterocycles. The number of carbonyl (C=O) groups is 3. The van der Waals surface area contributed by atoms with E-state index >= 15 is 0 Å². The number of imide groups is 1.